The van der Waals surface area contributed by atoms with Gasteiger partial charge in [0, 0.05) is 19.6 Å². The Morgan fingerprint density at radius 1 is 1.44 bits per heavy atom. The third-order valence-electron chi connectivity index (χ3n) is 3.10. The second kappa shape index (κ2) is 6.29. The second-order valence-corrected chi connectivity index (χ2v) is 5.63. The van der Waals surface area contributed by atoms with E-state index in [0.29, 0.717) is 11.8 Å². The Hall–Kier alpha value is -0.940. The van der Waals surface area contributed by atoms with Crippen molar-refractivity contribution in [2.45, 2.75) is 33.2 Å². The molecule has 0 bridgehead atoms. The van der Waals surface area contributed by atoms with E-state index in [1.165, 1.54) is 0 Å². The largest absolute Gasteiger partial charge is 0.381 e. The van der Waals surface area contributed by atoms with Gasteiger partial charge < -0.3 is 9.26 Å². The minimum absolute atomic E-state index is 0.548. The van der Waals surface area contributed by atoms with Crippen LogP contribution in [0.2, 0.25) is 0 Å². The van der Waals surface area contributed by atoms with Gasteiger partial charge in [-0.05, 0) is 25.3 Å². The average Bonchev–Trinajstić information content (AvgIpc) is 2.89. The Balaban J connectivity index is 1.79. The van der Waals surface area contributed by atoms with E-state index in [-0.39, 0.29) is 0 Å². The maximum atomic E-state index is 5.38. The summed E-state index contributed by atoms with van der Waals surface area (Å²) in [6.45, 7) is 7.87. The number of hydrogen-bond acceptors (Lipinski definition) is 5. The van der Waals surface area contributed by atoms with E-state index < -0.39 is 0 Å². The van der Waals surface area contributed by atoms with Crippen LogP contribution in [0.3, 0.4) is 0 Å². The zero-order valence-electron chi connectivity index (χ0n) is 11.6. The average molecular weight is 253 g/mol. The summed E-state index contributed by atoms with van der Waals surface area (Å²) in [5.41, 5.74) is 0. The Kier molecular flexibility index (Phi) is 4.72. The van der Waals surface area contributed by atoms with E-state index in [2.05, 4.69) is 35.9 Å². The van der Waals surface area contributed by atoms with Crippen LogP contribution in [-0.4, -0.2) is 41.8 Å². The molecule has 102 valence electrons. The molecule has 5 heteroatoms. The third kappa shape index (κ3) is 4.07. The highest BCUT2D eigenvalue weighted by Gasteiger charge is 2.18. The Morgan fingerprint density at radius 3 is 2.94 bits per heavy atom. The fourth-order valence-corrected chi connectivity index (χ4v) is 2.26. The van der Waals surface area contributed by atoms with Crippen molar-refractivity contribution < 1.29 is 9.26 Å². The SMILES string of the molecule is CC(C)Cc1nc(CN(C)CC2CCOC2)no1. The van der Waals surface area contributed by atoms with E-state index in [9.17, 15) is 0 Å². The summed E-state index contributed by atoms with van der Waals surface area (Å²) in [6.07, 6.45) is 2.02. The lowest BCUT2D eigenvalue weighted by Gasteiger charge is -2.17. The Labute approximate surface area is 108 Å². The predicted octanol–water partition coefficient (Wildman–Crippen LogP) is 1.74. The molecule has 1 aliphatic rings. The summed E-state index contributed by atoms with van der Waals surface area (Å²) in [5.74, 6) is 2.73. The van der Waals surface area contributed by atoms with Gasteiger partial charge in [0.1, 0.15) is 0 Å². The fourth-order valence-electron chi connectivity index (χ4n) is 2.26. The summed E-state index contributed by atoms with van der Waals surface area (Å²) in [5, 5.41) is 4.02. The van der Waals surface area contributed by atoms with Gasteiger partial charge in [0.15, 0.2) is 5.82 Å². The van der Waals surface area contributed by atoms with Crippen LogP contribution in [0.4, 0.5) is 0 Å². The number of rotatable bonds is 6. The van der Waals surface area contributed by atoms with E-state index in [1.807, 2.05) is 0 Å². The molecule has 1 atom stereocenters. The lowest BCUT2D eigenvalue weighted by atomic mass is 10.1. The Morgan fingerprint density at radius 2 is 2.28 bits per heavy atom. The van der Waals surface area contributed by atoms with Crippen molar-refractivity contribution in [2.24, 2.45) is 11.8 Å². The molecule has 18 heavy (non-hydrogen) atoms. The van der Waals surface area contributed by atoms with E-state index >= 15 is 0 Å². The van der Waals surface area contributed by atoms with Crippen LogP contribution < -0.4 is 0 Å². The smallest absolute Gasteiger partial charge is 0.226 e. The summed E-state index contributed by atoms with van der Waals surface area (Å²) in [4.78, 5) is 6.65. The number of aromatic nitrogens is 2. The standard InChI is InChI=1S/C13H23N3O2/c1-10(2)6-13-14-12(15-18-13)8-16(3)7-11-4-5-17-9-11/h10-11H,4-9H2,1-3H3. The highest BCUT2D eigenvalue weighted by molar-refractivity contribution is 4.87. The molecule has 0 spiro atoms. The lowest BCUT2D eigenvalue weighted by Crippen LogP contribution is -2.26. The van der Waals surface area contributed by atoms with Crippen LogP contribution in [0.25, 0.3) is 0 Å². The summed E-state index contributed by atoms with van der Waals surface area (Å²) < 4.78 is 10.6. The maximum Gasteiger partial charge on any atom is 0.226 e. The second-order valence-electron chi connectivity index (χ2n) is 5.63. The van der Waals surface area contributed by atoms with Crippen LogP contribution in [0.1, 0.15) is 32.0 Å². The van der Waals surface area contributed by atoms with Gasteiger partial charge in [-0.2, -0.15) is 4.98 Å². The first kappa shape index (κ1) is 13.5. The first-order chi connectivity index (χ1) is 8.63. The van der Waals surface area contributed by atoms with E-state index in [1.54, 1.807) is 0 Å². The lowest BCUT2D eigenvalue weighted by molar-refractivity contribution is 0.172. The van der Waals surface area contributed by atoms with Crippen LogP contribution >= 0.6 is 0 Å². The van der Waals surface area contributed by atoms with Crippen LogP contribution in [0.15, 0.2) is 4.52 Å². The highest BCUT2D eigenvalue weighted by Crippen LogP contribution is 2.14. The van der Waals surface area contributed by atoms with E-state index in [4.69, 9.17) is 9.26 Å². The molecule has 0 N–H and O–H groups in total. The molecule has 0 aliphatic carbocycles. The van der Waals surface area contributed by atoms with Crippen molar-refractivity contribution in [2.75, 3.05) is 26.8 Å². The molecular formula is C13H23N3O2. The van der Waals surface area contributed by atoms with Crippen LogP contribution in [0, 0.1) is 11.8 Å². The van der Waals surface area contributed by atoms with Gasteiger partial charge in [-0.15, -0.1) is 0 Å². The van der Waals surface area contributed by atoms with Gasteiger partial charge in [-0.3, -0.25) is 4.90 Å². The van der Waals surface area contributed by atoms with Crippen molar-refractivity contribution in [1.82, 2.24) is 15.0 Å². The molecule has 1 aliphatic heterocycles. The van der Waals surface area contributed by atoms with Crippen LogP contribution in [0.5, 0.6) is 0 Å². The monoisotopic (exact) mass is 253 g/mol. The molecule has 0 radical (unpaired) electrons. The number of ether oxygens (including phenoxy) is 1. The molecule has 1 aromatic rings. The predicted molar refractivity (Wildman–Crippen MR) is 68.1 cm³/mol. The minimum Gasteiger partial charge on any atom is -0.381 e. The van der Waals surface area contributed by atoms with Gasteiger partial charge in [0.2, 0.25) is 5.89 Å². The quantitative estimate of drug-likeness (QED) is 0.773. The van der Waals surface area contributed by atoms with Crippen molar-refractivity contribution in [3.63, 3.8) is 0 Å². The topological polar surface area (TPSA) is 51.4 Å². The highest BCUT2D eigenvalue weighted by atomic mass is 16.5. The maximum absolute atomic E-state index is 5.38. The minimum atomic E-state index is 0.548. The van der Waals surface area contributed by atoms with Gasteiger partial charge in [-0.1, -0.05) is 19.0 Å². The van der Waals surface area contributed by atoms with Gasteiger partial charge in [0.05, 0.1) is 13.2 Å². The summed E-state index contributed by atoms with van der Waals surface area (Å²) >= 11 is 0. The first-order valence-electron chi connectivity index (χ1n) is 6.71. The molecule has 0 amide bonds. The molecule has 1 aromatic heterocycles. The molecule has 2 heterocycles. The molecular weight excluding hydrogens is 230 g/mol. The zero-order valence-corrected chi connectivity index (χ0v) is 11.6. The van der Waals surface area contributed by atoms with Crippen molar-refractivity contribution in [3.8, 4) is 0 Å². The first-order valence-corrected chi connectivity index (χ1v) is 6.71. The molecule has 0 saturated carbocycles. The van der Waals surface area contributed by atoms with Crippen molar-refractivity contribution >= 4 is 0 Å². The summed E-state index contributed by atoms with van der Waals surface area (Å²) in [6, 6.07) is 0. The summed E-state index contributed by atoms with van der Waals surface area (Å²) in [7, 11) is 2.09. The van der Waals surface area contributed by atoms with Crippen LogP contribution in [-0.2, 0) is 17.7 Å². The molecule has 0 aromatic carbocycles. The molecule has 1 fully saturated rings. The molecule has 2 rings (SSSR count). The number of nitrogens with zero attached hydrogens (tertiary/aromatic N) is 3. The van der Waals surface area contributed by atoms with Crippen molar-refractivity contribution in [3.05, 3.63) is 11.7 Å². The van der Waals surface area contributed by atoms with Gasteiger partial charge >= 0.3 is 0 Å². The van der Waals surface area contributed by atoms with Gasteiger partial charge in [-0.25, -0.2) is 0 Å². The normalized spacial score (nSPS) is 20.2. The van der Waals surface area contributed by atoms with Crippen molar-refractivity contribution in [1.29, 1.82) is 0 Å². The van der Waals surface area contributed by atoms with E-state index in [0.717, 1.165) is 50.9 Å². The Bertz CT molecular complexity index is 359. The molecule has 1 unspecified atom stereocenters. The zero-order chi connectivity index (χ0) is 13.0. The third-order valence-corrected chi connectivity index (χ3v) is 3.10. The molecule has 5 nitrogen and oxygen atoms in total. The number of hydrogen-bond donors (Lipinski definition) is 0. The fraction of sp³-hybridized carbons (Fsp3) is 0.846. The molecule has 1 saturated heterocycles. The van der Waals surface area contributed by atoms with Gasteiger partial charge in [0.25, 0.3) is 0 Å².